The van der Waals surface area contributed by atoms with Crippen LogP contribution in [-0.4, -0.2) is 34.5 Å². The summed E-state index contributed by atoms with van der Waals surface area (Å²) in [5.41, 5.74) is 9.24. The molecule has 0 aliphatic carbocycles. The highest BCUT2D eigenvalue weighted by Gasteiger charge is 2.14. The van der Waals surface area contributed by atoms with Crippen LogP contribution in [0.25, 0.3) is 11.2 Å². The van der Waals surface area contributed by atoms with E-state index in [1.807, 2.05) is 19.1 Å². The summed E-state index contributed by atoms with van der Waals surface area (Å²) in [5, 5.41) is 11.4. The van der Waals surface area contributed by atoms with Crippen molar-refractivity contribution in [2.75, 3.05) is 19.5 Å². The van der Waals surface area contributed by atoms with Gasteiger partial charge in [0, 0.05) is 42.2 Å². The lowest BCUT2D eigenvalue weighted by Gasteiger charge is -2.14. The lowest BCUT2D eigenvalue weighted by Crippen LogP contribution is -2.09. The van der Waals surface area contributed by atoms with Crippen LogP contribution in [0, 0.1) is 5.82 Å². The molecule has 0 aliphatic heterocycles. The van der Waals surface area contributed by atoms with Crippen molar-refractivity contribution >= 4 is 22.7 Å². The minimum Gasteiger partial charge on any atom is -0.496 e. The van der Waals surface area contributed by atoms with Crippen molar-refractivity contribution in [3.63, 3.8) is 0 Å². The molecule has 140 valence electrons. The Kier molecular flexibility index (Phi) is 5.35. The summed E-state index contributed by atoms with van der Waals surface area (Å²) in [6.45, 7) is 2.12. The molecule has 27 heavy (non-hydrogen) atoms. The van der Waals surface area contributed by atoms with E-state index < -0.39 is 0 Å². The molecule has 0 aliphatic rings. The van der Waals surface area contributed by atoms with Crippen LogP contribution in [-0.2, 0) is 6.54 Å². The van der Waals surface area contributed by atoms with Crippen LogP contribution < -0.4 is 15.8 Å². The van der Waals surface area contributed by atoms with E-state index in [1.54, 1.807) is 29.9 Å². The first-order valence-electron chi connectivity index (χ1n) is 8.34. The van der Waals surface area contributed by atoms with Crippen molar-refractivity contribution in [1.29, 1.82) is 0 Å². The van der Waals surface area contributed by atoms with Gasteiger partial charge in [-0.1, -0.05) is 6.07 Å². The standard InChI is InChI=1S/C19H21FN6O/c1-12(22-2)14(9-21)13-7-8-18(26-11-24-25-19(13)26)23-10-15-16(20)5-4-6-17(15)27-3/h4-9,11,23H,10,21H2,1-3H3. The Morgan fingerprint density at radius 2 is 2.19 bits per heavy atom. The Morgan fingerprint density at radius 3 is 2.89 bits per heavy atom. The number of halogens is 1. The zero-order chi connectivity index (χ0) is 19.4. The summed E-state index contributed by atoms with van der Waals surface area (Å²) in [6.07, 6.45) is 3.09. The summed E-state index contributed by atoms with van der Waals surface area (Å²) in [4.78, 5) is 4.19. The van der Waals surface area contributed by atoms with Crippen molar-refractivity contribution in [3.8, 4) is 5.75 Å². The van der Waals surface area contributed by atoms with Gasteiger partial charge in [-0.2, -0.15) is 0 Å². The number of ether oxygens (including phenoxy) is 1. The molecule has 0 radical (unpaired) electrons. The van der Waals surface area contributed by atoms with Crippen LogP contribution in [0.1, 0.15) is 18.1 Å². The van der Waals surface area contributed by atoms with E-state index in [1.165, 1.54) is 19.4 Å². The van der Waals surface area contributed by atoms with Gasteiger partial charge in [0.1, 0.15) is 23.7 Å². The molecule has 3 N–H and O–H groups in total. The number of allylic oxidation sites excluding steroid dienone is 1. The molecule has 0 saturated heterocycles. The average Bonchev–Trinajstić information content (AvgIpc) is 3.18. The predicted molar refractivity (Wildman–Crippen MR) is 104 cm³/mol. The number of aliphatic imine (C=N–C) groups is 1. The number of rotatable bonds is 6. The third-order valence-corrected chi connectivity index (χ3v) is 4.38. The third-order valence-electron chi connectivity index (χ3n) is 4.38. The highest BCUT2D eigenvalue weighted by atomic mass is 19.1. The molecule has 0 bridgehead atoms. The van der Waals surface area contributed by atoms with E-state index in [0.29, 0.717) is 22.8 Å². The van der Waals surface area contributed by atoms with Gasteiger partial charge in [0.25, 0.3) is 0 Å². The summed E-state index contributed by atoms with van der Waals surface area (Å²) < 4.78 is 21.2. The molecule has 7 nitrogen and oxygen atoms in total. The van der Waals surface area contributed by atoms with E-state index in [0.717, 1.165) is 16.8 Å². The second kappa shape index (κ2) is 7.86. The lowest BCUT2D eigenvalue weighted by molar-refractivity contribution is 0.405. The summed E-state index contributed by atoms with van der Waals surface area (Å²) in [6, 6.07) is 8.50. The number of anilines is 1. The Hall–Kier alpha value is -3.42. The van der Waals surface area contributed by atoms with E-state index in [4.69, 9.17) is 10.5 Å². The van der Waals surface area contributed by atoms with Crippen LogP contribution in [0.4, 0.5) is 10.2 Å². The maximum Gasteiger partial charge on any atom is 0.170 e. The molecule has 0 spiro atoms. The minimum atomic E-state index is -0.332. The van der Waals surface area contributed by atoms with Gasteiger partial charge in [-0.25, -0.2) is 4.39 Å². The first-order valence-corrected chi connectivity index (χ1v) is 8.34. The monoisotopic (exact) mass is 368 g/mol. The number of pyridine rings is 1. The summed E-state index contributed by atoms with van der Waals surface area (Å²) >= 11 is 0. The SMILES string of the molecule is CN=C(C)C(=CN)c1ccc(NCc2c(F)cccc2OC)n2cnnc12. The first kappa shape index (κ1) is 18.4. The highest BCUT2D eigenvalue weighted by molar-refractivity contribution is 6.24. The molecular formula is C19H21FN6O. The molecule has 3 aromatic rings. The maximum atomic E-state index is 14.2. The molecule has 0 unspecified atom stereocenters. The Bertz CT molecular complexity index is 1020. The van der Waals surface area contributed by atoms with E-state index in [9.17, 15) is 4.39 Å². The van der Waals surface area contributed by atoms with Gasteiger partial charge in [0.15, 0.2) is 5.65 Å². The molecule has 1 aromatic carbocycles. The molecule has 0 atom stereocenters. The molecule has 0 fully saturated rings. The number of hydrogen-bond acceptors (Lipinski definition) is 6. The first-order chi connectivity index (χ1) is 13.1. The zero-order valence-corrected chi connectivity index (χ0v) is 15.4. The second-order valence-electron chi connectivity index (χ2n) is 5.82. The van der Waals surface area contributed by atoms with Gasteiger partial charge in [-0.15, -0.1) is 10.2 Å². The molecular weight excluding hydrogens is 347 g/mol. The van der Waals surface area contributed by atoms with Gasteiger partial charge >= 0.3 is 0 Å². The van der Waals surface area contributed by atoms with Crippen LogP contribution >= 0.6 is 0 Å². The van der Waals surface area contributed by atoms with Crippen molar-refractivity contribution in [2.24, 2.45) is 10.7 Å². The third kappa shape index (κ3) is 3.46. The summed E-state index contributed by atoms with van der Waals surface area (Å²) in [7, 11) is 3.22. The Morgan fingerprint density at radius 1 is 1.37 bits per heavy atom. The van der Waals surface area contributed by atoms with Gasteiger partial charge in [-0.3, -0.25) is 9.39 Å². The topological polar surface area (TPSA) is 89.8 Å². The predicted octanol–water partition coefficient (Wildman–Crippen LogP) is 2.88. The lowest BCUT2D eigenvalue weighted by atomic mass is 10.0. The van der Waals surface area contributed by atoms with Crippen molar-refractivity contribution < 1.29 is 9.13 Å². The van der Waals surface area contributed by atoms with E-state index in [2.05, 4.69) is 20.5 Å². The number of benzene rings is 1. The van der Waals surface area contributed by atoms with Crippen molar-refractivity contribution in [2.45, 2.75) is 13.5 Å². The van der Waals surface area contributed by atoms with E-state index >= 15 is 0 Å². The fourth-order valence-electron chi connectivity index (χ4n) is 2.87. The number of fused-ring (bicyclic) bond motifs is 1. The number of aromatic nitrogens is 3. The molecule has 2 aromatic heterocycles. The Balaban J connectivity index is 1.97. The van der Waals surface area contributed by atoms with E-state index in [-0.39, 0.29) is 12.4 Å². The van der Waals surface area contributed by atoms with Crippen LogP contribution in [0.3, 0.4) is 0 Å². The van der Waals surface area contributed by atoms with Crippen LogP contribution in [0.5, 0.6) is 5.75 Å². The molecule has 8 heteroatoms. The highest BCUT2D eigenvalue weighted by Crippen LogP contribution is 2.25. The van der Waals surface area contributed by atoms with Crippen molar-refractivity contribution in [1.82, 2.24) is 14.6 Å². The van der Waals surface area contributed by atoms with Gasteiger partial charge in [0.2, 0.25) is 0 Å². The van der Waals surface area contributed by atoms with Crippen LogP contribution in [0.2, 0.25) is 0 Å². The van der Waals surface area contributed by atoms with Gasteiger partial charge < -0.3 is 15.8 Å². The minimum absolute atomic E-state index is 0.248. The average molecular weight is 368 g/mol. The normalized spacial score (nSPS) is 12.4. The zero-order valence-electron chi connectivity index (χ0n) is 15.4. The molecule has 2 heterocycles. The number of methoxy groups -OCH3 is 1. The number of hydrogen-bond donors (Lipinski definition) is 2. The van der Waals surface area contributed by atoms with Crippen molar-refractivity contribution in [3.05, 3.63) is 59.8 Å². The molecule has 0 amide bonds. The smallest absolute Gasteiger partial charge is 0.170 e. The maximum absolute atomic E-state index is 14.2. The quantitative estimate of drug-likeness (QED) is 0.653. The summed E-state index contributed by atoms with van der Waals surface area (Å²) in [5.74, 6) is 0.871. The fourth-order valence-corrected chi connectivity index (χ4v) is 2.87. The van der Waals surface area contributed by atoms with Gasteiger partial charge in [-0.05, 0) is 31.2 Å². The largest absolute Gasteiger partial charge is 0.496 e. The molecule has 0 saturated carbocycles. The number of nitrogens with zero attached hydrogens (tertiary/aromatic N) is 4. The number of nitrogens with two attached hydrogens (primary N) is 1. The number of nitrogens with one attached hydrogen (secondary N) is 1. The van der Waals surface area contributed by atoms with Gasteiger partial charge in [0.05, 0.1) is 7.11 Å². The Labute approximate surface area is 156 Å². The molecule has 3 rings (SSSR count). The fraction of sp³-hybridized carbons (Fsp3) is 0.211. The van der Waals surface area contributed by atoms with Crippen LogP contribution in [0.15, 0.2) is 47.9 Å². The second-order valence-corrected chi connectivity index (χ2v) is 5.82.